The van der Waals surface area contributed by atoms with Gasteiger partial charge in [0, 0.05) is 6.42 Å². The highest BCUT2D eigenvalue weighted by Gasteiger charge is 2.07. The summed E-state index contributed by atoms with van der Waals surface area (Å²) in [5, 5.41) is 0. The number of rotatable bonds is 8. The van der Waals surface area contributed by atoms with Gasteiger partial charge in [0.05, 0.1) is 20.5 Å². The molecule has 0 saturated heterocycles. The van der Waals surface area contributed by atoms with Crippen LogP contribution < -0.4 is 9.47 Å². The molecule has 0 unspecified atom stereocenters. The smallest absolute Gasteiger partial charge is 0.123 e. The second-order valence-corrected chi connectivity index (χ2v) is 6.20. The second-order valence-electron chi connectivity index (χ2n) is 6.20. The number of ether oxygens (including phenoxy) is 3. The van der Waals surface area contributed by atoms with Gasteiger partial charge in [-0.3, -0.25) is 0 Å². The zero-order valence-corrected chi connectivity index (χ0v) is 15.7. The van der Waals surface area contributed by atoms with Gasteiger partial charge < -0.3 is 14.2 Å². The first kappa shape index (κ1) is 18.6. The third kappa shape index (κ3) is 5.38. The highest BCUT2D eigenvalue weighted by atomic mass is 16.5. The molecule has 3 aromatic rings. The minimum atomic E-state index is 0.536. The second kappa shape index (κ2) is 9.48. The summed E-state index contributed by atoms with van der Waals surface area (Å²) in [5.74, 6) is 1.74. The van der Waals surface area contributed by atoms with Crippen molar-refractivity contribution in [2.75, 3.05) is 14.2 Å². The van der Waals surface area contributed by atoms with Crippen molar-refractivity contribution < 1.29 is 14.2 Å². The van der Waals surface area contributed by atoms with Crippen LogP contribution in [0.4, 0.5) is 0 Å². The Kier molecular flexibility index (Phi) is 6.53. The molecular weight excluding hydrogens is 336 g/mol. The maximum atomic E-state index is 6.16. The summed E-state index contributed by atoms with van der Waals surface area (Å²) in [6.07, 6.45) is 4.38. The first-order chi connectivity index (χ1) is 13.3. The quantitative estimate of drug-likeness (QED) is 0.498. The summed E-state index contributed by atoms with van der Waals surface area (Å²) < 4.78 is 16.4. The largest absolute Gasteiger partial charge is 0.504 e. The fraction of sp³-hybridized carbons (Fsp3) is 0.167. The van der Waals surface area contributed by atoms with Crippen LogP contribution in [0.1, 0.15) is 22.3 Å². The molecule has 0 amide bonds. The standard InChI is InChI=1S/C24H24O3/c1-25-15-14-20-8-11-22(16-19-9-12-23(26-2)13-10-19)24(17-20)27-18-21-6-4-3-5-7-21/h3-15,17H,16,18H2,1-2H3/b15-14+. The third-order valence-electron chi connectivity index (χ3n) is 4.28. The monoisotopic (exact) mass is 360 g/mol. The molecule has 0 radical (unpaired) electrons. The molecule has 3 heteroatoms. The predicted molar refractivity (Wildman–Crippen MR) is 109 cm³/mol. The molecule has 3 rings (SSSR count). The Balaban J connectivity index is 1.82. The first-order valence-corrected chi connectivity index (χ1v) is 8.90. The van der Waals surface area contributed by atoms with Gasteiger partial charge in [-0.15, -0.1) is 0 Å². The van der Waals surface area contributed by atoms with E-state index in [1.54, 1.807) is 20.5 Å². The third-order valence-corrected chi connectivity index (χ3v) is 4.28. The van der Waals surface area contributed by atoms with Gasteiger partial charge in [-0.1, -0.05) is 54.6 Å². The average Bonchev–Trinajstić information content (AvgIpc) is 2.73. The summed E-state index contributed by atoms with van der Waals surface area (Å²) in [6.45, 7) is 0.536. The van der Waals surface area contributed by atoms with Gasteiger partial charge in [0.2, 0.25) is 0 Å². The summed E-state index contributed by atoms with van der Waals surface area (Å²) >= 11 is 0. The van der Waals surface area contributed by atoms with E-state index in [2.05, 4.69) is 42.5 Å². The van der Waals surface area contributed by atoms with Gasteiger partial charge in [-0.2, -0.15) is 0 Å². The average molecular weight is 360 g/mol. The van der Waals surface area contributed by atoms with Crippen molar-refractivity contribution in [1.29, 1.82) is 0 Å². The van der Waals surface area contributed by atoms with Crippen LogP contribution in [0.15, 0.2) is 79.1 Å². The lowest BCUT2D eigenvalue weighted by molar-refractivity contribution is 0.303. The van der Waals surface area contributed by atoms with E-state index >= 15 is 0 Å². The molecule has 0 heterocycles. The molecule has 0 aliphatic carbocycles. The first-order valence-electron chi connectivity index (χ1n) is 8.90. The van der Waals surface area contributed by atoms with Crippen molar-refractivity contribution in [2.45, 2.75) is 13.0 Å². The summed E-state index contributed by atoms with van der Waals surface area (Å²) in [5.41, 5.74) is 4.54. The molecule has 0 aromatic heterocycles. The van der Waals surface area contributed by atoms with Crippen LogP contribution in [0, 0.1) is 0 Å². The number of hydrogen-bond donors (Lipinski definition) is 0. The minimum Gasteiger partial charge on any atom is -0.504 e. The molecule has 0 bridgehead atoms. The summed E-state index contributed by atoms with van der Waals surface area (Å²) in [4.78, 5) is 0. The van der Waals surface area contributed by atoms with Gasteiger partial charge >= 0.3 is 0 Å². The van der Waals surface area contributed by atoms with Crippen molar-refractivity contribution in [3.63, 3.8) is 0 Å². The number of methoxy groups -OCH3 is 2. The Bertz CT molecular complexity index is 868. The zero-order chi connectivity index (χ0) is 18.9. The van der Waals surface area contributed by atoms with Crippen molar-refractivity contribution in [3.05, 3.63) is 101 Å². The molecule has 0 aliphatic heterocycles. The molecule has 0 N–H and O–H groups in total. The van der Waals surface area contributed by atoms with E-state index in [1.807, 2.05) is 36.4 Å². The van der Waals surface area contributed by atoms with Crippen LogP contribution in [-0.2, 0) is 17.8 Å². The van der Waals surface area contributed by atoms with Crippen LogP contribution in [0.2, 0.25) is 0 Å². The topological polar surface area (TPSA) is 27.7 Å². The van der Waals surface area contributed by atoms with E-state index in [-0.39, 0.29) is 0 Å². The highest BCUT2D eigenvalue weighted by Crippen LogP contribution is 2.26. The lowest BCUT2D eigenvalue weighted by Gasteiger charge is -2.13. The van der Waals surface area contributed by atoms with Gasteiger partial charge in [0.1, 0.15) is 18.1 Å². The van der Waals surface area contributed by atoms with Gasteiger partial charge in [-0.25, -0.2) is 0 Å². The van der Waals surface area contributed by atoms with E-state index < -0.39 is 0 Å². The van der Waals surface area contributed by atoms with Crippen molar-refractivity contribution in [3.8, 4) is 11.5 Å². The molecule has 3 aromatic carbocycles. The molecule has 0 spiro atoms. The van der Waals surface area contributed by atoms with E-state index in [1.165, 1.54) is 5.56 Å². The zero-order valence-electron chi connectivity index (χ0n) is 15.7. The Morgan fingerprint density at radius 1 is 0.815 bits per heavy atom. The summed E-state index contributed by atoms with van der Waals surface area (Å²) in [6, 6.07) is 24.6. The highest BCUT2D eigenvalue weighted by molar-refractivity contribution is 5.54. The fourth-order valence-corrected chi connectivity index (χ4v) is 2.80. The van der Waals surface area contributed by atoms with Crippen LogP contribution in [0.5, 0.6) is 11.5 Å². The van der Waals surface area contributed by atoms with Gasteiger partial charge in [-0.05, 0) is 46.5 Å². The Labute approximate surface area is 160 Å². The molecule has 3 nitrogen and oxygen atoms in total. The molecule has 138 valence electrons. The van der Waals surface area contributed by atoms with E-state index in [0.717, 1.165) is 34.6 Å². The maximum Gasteiger partial charge on any atom is 0.123 e. The van der Waals surface area contributed by atoms with Gasteiger partial charge in [0.15, 0.2) is 0 Å². The number of benzene rings is 3. The molecule has 27 heavy (non-hydrogen) atoms. The Hall–Kier alpha value is -3.20. The fourth-order valence-electron chi connectivity index (χ4n) is 2.80. The normalized spacial score (nSPS) is 10.7. The van der Waals surface area contributed by atoms with Gasteiger partial charge in [0.25, 0.3) is 0 Å². The molecule has 0 aliphatic rings. The van der Waals surface area contributed by atoms with Crippen LogP contribution in [-0.4, -0.2) is 14.2 Å². The maximum absolute atomic E-state index is 6.16. The van der Waals surface area contributed by atoms with Crippen molar-refractivity contribution >= 4 is 6.08 Å². The lowest BCUT2D eigenvalue weighted by Crippen LogP contribution is -2.00. The minimum absolute atomic E-state index is 0.536. The van der Waals surface area contributed by atoms with Crippen molar-refractivity contribution in [2.24, 2.45) is 0 Å². The van der Waals surface area contributed by atoms with Crippen LogP contribution in [0.25, 0.3) is 6.08 Å². The summed E-state index contributed by atoms with van der Waals surface area (Å²) in [7, 11) is 3.32. The predicted octanol–water partition coefficient (Wildman–Crippen LogP) is 5.48. The van der Waals surface area contributed by atoms with E-state index in [0.29, 0.717) is 6.61 Å². The van der Waals surface area contributed by atoms with E-state index in [9.17, 15) is 0 Å². The van der Waals surface area contributed by atoms with Crippen LogP contribution >= 0.6 is 0 Å². The Morgan fingerprint density at radius 2 is 1.59 bits per heavy atom. The van der Waals surface area contributed by atoms with E-state index in [4.69, 9.17) is 14.2 Å². The molecule has 0 atom stereocenters. The SMILES string of the molecule is CO/C=C/c1ccc(Cc2ccc(OC)cc2)c(OCc2ccccc2)c1. The lowest BCUT2D eigenvalue weighted by atomic mass is 10.0. The molecule has 0 fully saturated rings. The number of hydrogen-bond acceptors (Lipinski definition) is 3. The molecular formula is C24H24O3. The van der Waals surface area contributed by atoms with Crippen LogP contribution in [0.3, 0.4) is 0 Å². The molecule has 0 saturated carbocycles. The Morgan fingerprint density at radius 3 is 2.30 bits per heavy atom. The van der Waals surface area contributed by atoms with Crippen molar-refractivity contribution in [1.82, 2.24) is 0 Å².